The molecule has 0 atom stereocenters. The molecule has 5 heteroatoms. The second-order valence-electron chi connectivity index (χ2n) is 0.253. The van der Waals surface area contributed by atoms with E-state index in [1.807, 2.05) is 0 Å². The minimum atomic E-state index is -2.87. The van der Waals surface area contributed by atoms with Crippen LogP contribution in [0.2, 0.25) is 0 Å². The molecule has 0 aliphatic carbocycles. The summed E-state index contributed by atoms with van der Waals surface area (Å²) in [5.74, 6) is 0. The van der Waals surface area contributed by atoms with Gasteiger partial charge in [-0.2, -0.15) is 0 Å². The van der Waals surface area contributed by atoms with Gasteiger partial charge in [-0.3, -0.25) is 0 Å². The van der Waals surface area contributed by atoms with Crippen LogP contribution in [0.5, 0.6) is 0 Å². The van der Waals surface area contributed by atoms with Gasteiger partial charge in [-0.15, -0.1) is 9.79 Å². The molecule has 0 amide bonds. The van der Waals surface area contributed by atoms with Gasteiger partial charge in [0.25, 0.3) is 0 Å². The summed E-state index contributed by atoms with van der Waals surface area (Å²) >= 11 is 0. The summed E-state index contributed by atoms with van der Waals surface area (Å²) in [6.07, 6.45) is 0. The van der Waals surface area contributed by atoms with Gasteiger partial charge < -0.3 is 2.85 Å². The van der Waals surface area contributed by atoms with Crippen LogP contribution in [0.15, 0.2) is 0 Å². The van der Waals surface area contributed by atoms with Crippen LogP contribution in [0.4, 0.5) is 0 Å². The first kappa shape index (κ1) is 9.56. The number of hydrogen-bond acceptors (Lipinski definition) is 1. The first-order valence-electron chi connectivity index (χ1n) is 0.583. The SMILES string of the molecule is O=[P+](O)O.[Ca+2].[H+].[H-].[H-]. The zero-order chi connectivity index (χ0) is 3.58. The minimum absolute atomic E-state index is 0. The van der Waals surface area contributed by atoms with Gasteiger partial charge >= 0.3 is 47.4 Å². The smallest absolute Gasteiger partial charge is 1.00 e. The Labute approximate surface area is 64.4 Å². The summed E-state index contributed by atoms with van der Waals surface area (Å²) in [4.78, 5) is 14.2. The third-order valence-corrected chi connectivity index (χ3v) is 0. The summed E-state index contributed by atoms with van der Waals surface area (Å²) < 4.78 is 8.70. The van der Waals surface area contributed by atoms with Crippen LogP contribution in [-0.4, -0.2) is 47.5 Å². The van der Waals surface area contributed by atoms with E-state index >= 15 is 0 Å². The standard InChI is InChI=1S/Ca.HO3P.2H/c;1-4(2)3;;/h;(H-,1,2,3);;/q+2;;2*-1/p+2. The van der Waals surface area contributed by atoms with Crippen LogP contribution in [0.25, 0.3) is 0 Å². The van der Waals surface area contributed by atoms with Gasteiger partial charge in [-0.1, -0.05) is 0 Å². The average molecular weight is 124 g/mol. The van der Waals surface area contributed by atoms with Crippen molar-refractivity contribution in [3.63, 3.8) is 0 Å². The molecule has 0 fully saturated rings. The summed E-state index contributed by atoms with van der Waals surface area (Å²) in [5, 5.41) is 0. The van der Waals surface area contributed by atoms with E-state index in [4.69, 9.17) is 14.4 Å². The monoisotopic (exact) mass is 124 g/mol. The quantitative estimate of drug-likeness (QED) is 0.341. The summed E-state index contributed by atoms with van der Waals surface area (Å²) in [6, 6.07) is 0. The molecule has 0 saturated carbocycles. The Morgan fingerprint density at radius 2 is 1.80 bits per heavy atom. The van der Waals surface area contributed by atoms with Crippen LogP contribution in [0, 0.1) is 0 Å². The normalized spacial score (nSPS) is 5.20. The van der Waals surface area contributed by atoms with E-state index in [1.165, 1.54) is 0 Å². The molecule has 5 heavy (non-hydrogen) atoms. The van der Waals surface area contributed by atoms with E-state index in [0.717, 1.165) is 0 Å². The molecule has 0 unspecified atom stereocenters. The molecule has 2 N–H and O–H groups in total. The zero-order valence-corrected chi connectivity index (χ0v) is 5.56. The van der Waals surface area contributed by atoms with Gasteiger partial charge in [0.1, 0.15) is 0 Å². The molecule has 3 nitrogen and oxygen atoms in total. The van der Waals surface area contributed by atoms with Crippen molar-refractivity contribution in [1.29, 1.82) is 0 Å². The third kappa shape index (κ3) is 34.7. The zero-order valence-electron chi connectivity index (χ0n) is 5.46. The molecule has 0 aromatic rings. The van der Waals surface area contributed by atoms with Crippen LogP contribution in [-0.2, 0) is 4.57 Å². The molecule has 0 bridgehead atoms. The van der Waals surface area contributed by atoms with E-state index < -0.39 is 8.25 Å². The predicted octanol–water partition coefficient (Wildman–Crippen LogP) is -0.415. The fourth-order valence-corrected chi connectivity index (χ4v) is 0. The Morgan fingerprint density at radius 1 is 1.80 bits per heavy atom. The molecule has 0 rings (SSSR count). The Morgan fingerprint density at radius 3 is 1.80 bits per heavy atom. The molecule has 0 heterocycles. The molecule has 0 saturated heterocycles. The second kappa shape index (κ2) is 5.28. The molecule has 0 aliphatic heterocycles. The van der Waals surface area contributed by atoms with Gasteiger partial charge in [-0.25, -0.2) is 0 Å². The molecule has 0 radical (unpaired) electrons. The summed E-state index contributed by atoms with van der Waals surface area (Å²) in [5.41, 5.74) is 0. The fourth-order valence-electron chi connectivity index (χ4n) is 0. The van der Waals surface area contributed by atoms with Crippen molar-refractivity contribution in [1.82, 2.24) is 0 Å². The van der Waals surface area contributed by atoms with E-state index in [9.17, 15) is 0 Å². The summed E-state index contributed by atoms with van der Waals surface area (Å²) in [7, 11) is -2.87. The van der Waals surface area contributed by atoms with E-state index in [-0.39, 0.29) is 42.0 Å². The Kier molecular flexibility index (Phi) is 10.1. The van der Waals surface area contributed by atoms with E-state index in [1.54, 1.807) is 0 Å². The maximum absolute atomic E-state index is 8.70. The second-order valence-corrected chi connectivity index (χ2v) is 0.758. The predicted molar refractivity (Wildman–Crippen MR) is 21.1 cm³/mol. The molecular weight excluding hydrogens is 119 g/mol. The Hall–Kier alpha value is 1.28. The third-order valence-electron chi connectivity index (χ3n) is 0. The minimum Gasteiger partial charge on any atom is -1.00 e. The van der Waals surface area contributed by atoms with Crippen molar-refractivity contribution in [2.75, 3.05) is 0 Å². The van der Waals surface area contributed by atoms with Crippen molar-refractivity contribution in [2.45, 2.75) is 0 Å². The molecule has 0 aromatic heterocycles. The topological polar surface area (TPSA) is 57.5 Å². The van der Waals surface area contributed by atoms with Crippen LogP contribution < -0.4 is 0 Å². The maximum Gasteiger partial charge on any atom is 2.00 e. The van der Waals surface area contributed by atoms with Gasteiger partial charge in [0.2, 0.25) is 0 Å². The average Bonchev–Trinajstić information content (AvgIpc) is 0.811. The van der Waals surface area contributed by atoms with Crippen LogP contribution in [0.3, 0.4) is 0 Å². The number of rotatable bonds is 0. The fraction of sp³-hybridized carbons (Fsp3) is 0. The van der Waals surface area contributed by atoms with Crippen molar-refractivity contribution in [2.24, 2.45) is 0 Å². The largest absolute Gasteiger partial charge is 2.00 e. The van der Waals surface area contributed by atoms with Gasteiger partial charge in [0, 0.05) is 4.57 Å². The number of hydrogen-bond donors (Lipinski definition) is 2. The molecular formula is H5CaO3P+2. The van der Waals surface area contributed by atoms with Crippen molar-refractivity contribution in [3.8, 4) is 0 Å². The van der Waals surface area contributed by atoms with Crippen LogP contribution in [0.1, 0.15) is 4.28 Å². The first-order valence-corrected chi connectivity index (χ1v) is 1.75. The Balaban J connectivity index is -0.00000000750. The van der Waals surface area contributed by atoms with Gasteiger partial charge in [-0.05, 0) is 0 Å². The van der Waals surface area contributed by atoms with E-state index in [2.05, 4.69) is 0 Å². The van der Waals surface area contributed by atoms with Crippen molar-refractivity contribution >= 4 is 46.0 Å². The van der Waals surface area contributed by atoms with Crippen molar-refractivity contribution in [3.05, 3.63) is 0 Å². The Bertz CT molecular complexity index is 37.5. The van der Waals surface area contributed by atoms with Gasteiger partial charge in [0.15, 0.2) is 0 Å². The van der Waals surface area contributed by atoms with E-state index in [0.29, 0.717) is 0 Å². The molecule has 28 valence electrons. The van der Waals surface area contributed by atoms with Gasteiger partial charge in [0.05, 0.1) is 0 Å². The molecule has 0 aromatic carbocycles. The van der Waals surface area contributed by atoms with Crippen LogP contribution >= 0.6 is 8.25 Å². The van der Waals surface area contributed by atoms with Crippen molar-refractivity contribution < 1.29 is 18.6 Å². The first-order chi connectivity index (χ1) is 1.73. The summed E-state index contributed by atoms with van der Waals surface area (Å²) in [6.45, 7) is 0. The molecule has 0 spiro atoms. The maximum atomic E-state index is 8.70. The molecule has 0 aliphatic rings.